The molecule has 0 saturated heterocycles. The van der Waals surface area contributed by atoms with Crippen LogP contribution in [-0.2, 0) is 11.3 Å². The molecule has 0 aliphatic carbocycles. The van der Waals surface area contributed by atoms with Gasteiger partial charge in [-0.3, -0.25) is 9.69 Å². The van der Waals surface area contributed by atoms with Crippen LogP contribution in [0.4, 0.5) is 0 Å². The van der Waals surface area contributed by atoms with Crippen LogP contribution in [0.2, 0.25) is 0 Å². The largest absolute Gasteiger partial charge is 0.463 e. The maximum atomic E-state index is 14.7. The Labute approximate surface area is 260 Å². The Balaban J connectivity index is 1.62. The number of likely N-dealkylation sites (N-methyl/N-ethyl adjacent to an activating group) is 1. The highest BCUT2D eigenvalue weighted by Crippen LogP contribution is 2.40. The van der Waals surface area contributed by atoms with Gasteiger partial charge in [0.2, 0.25) is 11.6 Å². The third kappa shape index (κ3) is 4.93. The molecule has 7 rings (SSSR count). The molecule has 0 N–H and O–H groups in total. The molecule has 0 fully saturated rings. The van der Waals surface area contributed by atoms with Gasteiger partial charge in [0, 0.05) is 18.7 Å². The summed E-state index contributed by atoms with van der Waals surface area (Å²) in [6.45, 7) is 8.58. The molecule has 0 bridgehead atoms. The fourth-order valence-corrected chi connectivity index (χ4v) is 6.16. The van der Waals surface area contributed by atoms with Crippen molar-refractivity contribution < 1.29 is 9.53 Å². The smallest absolute Gasteiger partial charge is 0.376 e. The molecule has 8 heteroatoms. The highest BCUT2D eigenvalue weighted by atomic mass is 16.5. The van der Waals surface area contributed by atoms with E-state index in [2.05, 4.69) is 78.5 Å². The van der Waals surface area contributed by atoms with E-state index in [0.717, 1.165) is 52.0 Å². The van der Waals surface area contributed by atoms with Gasteiger partial charge in [-0.15, -0.1) is 5.10 Å². The van der Waals surface area contributed by atoms with Crippen molar-refractivity contribution in [3.63, 3.8) is 0 Å². The van der Waals surface area contributed by atoms with Crippen molar-refractivity contribution in [2.45, 2.75) is 27.3 Å². The summed E-state index contributed by atoms with van der Waals surface area (Å²) in [5.74, 6) is -0.601. The standard InChI is InChI=1S/C37H33N5O3/c1-5-40-21-27(19-25-15-11-23(2)12-16-25)29-20-31-33(32(30(29)22-40)26-17-13-24(3)14-18-26)35(43)41-34(36(44)45-4)39-42(37(41)38-31)28-9-7-6-8-10-28/h6-20H,5,21-22H2,1-4H3/b27-19+. The normalized spacial score (nSPS) is 14.3. The quantitative estimate of drug-likeness (QED) is 0.212. The summed E-state index contributed by atoms with van der Waals surface area (Å²) in [6, 6.07) is 28.1. The van der Waals surface area contributed by atoms with Crippen molar-refractivity contribution in [2.75, 3.05) is 20.2 Å². The number of para-hydroxylation sites is 1. The number of fused-ring (bicyclic) bond motifs is 3. The SMILES string of the molecule is CCN1C/C(=C\c2ccc(C)cc2)c2cc3nc4n(-c5ccccc5)nc(C(=O)OC)n4c(=O)c3c(-c3ccc(C)cc3)c2C1. The first-order valence-electron chi connectivity index (χ1n) is 15.1. The average molecular weight is 596 g/mol. The summed E-state index contributed by atoms with van der Waals surface area (Å²) in [6.07, 6.45) is 2.24. The van der Waals surface area contributed by atoms with Crippen LogP contribution in [0.5, 0.6) is 0 Å². The van der Waals surface area contributed by atoms with Crippen LogP contribution in [0.15, 0.2) is 89.7 Å². The van der Waals surface area contributed by atoms with Crippen LogP contribution >= 0.6 is 0 Å². The predicted molar refractivity (Wildman–Crippen MR) is 178 cm³/mol. The lowest BCUT2D eigenvalue weighted by Gasteiger charge is -2.32. The minimum Gasteiger partial charge on any atom is -0.463 e. The summed E-state index contributed by atoms with van der Waals surface area (Å²) in [5, 5.41) is 5.00. The number of methoxy groups -OCH3 is 1. The molecule has 0 amide bonds. The van der Waals surface area contributed by atoms with E-state index in [1.54, 1.807) is 0 Å². The number of nitrogens with zero attached hydrogens (tertiary/aromatic N) is 5. The van der Waals surface area contributed by atoms with E-state index in [0.29, 0.717) is 23.1 Å². The van der Waals surface area contributed by atoms with Crippen molar-refractivity contribution in [1.29, 1.82) is 0 Å². The van der Waals surface area contributed by atoms with Crippen molar-refractivity contribution in [2.24, 2.45) is 0 Å². The maximum Gasteiger partial charge on any atom is 0.376 e. The van der Waals surface area contributed by atoms with Gasteiger partial charge in [-0.05, 0) is 72.5 Å². The molecule has 0 atom stereocenters. The third-order valence-corrected chi connectivity index (χ3v) is 8.54. The van der Waals surface area contributed by atoms with Gasteiger partial charge in [0.05, 0.1) is 23.7 Å². The molecule has 1 aliphatic heterocycles. The molecular formula is C37H33N5O3. The average Bonchev–Trinajstić information content (AvgIpc) is 3.45. The number of rotatable bonds is 5. The van der Waals surface area contributed by atoms with Crippen LogP contribution < -0.4 is 5.56 Å². The number of esters is 1. The van der Waals surface area contributed by atoms with Gasteiger partial charge in [-0.1, -0.05) is 84.8 Å². The fraction of sp³-hybridized carbons (Fsp3) is 0.189. The van der Waals surface area contributed by atoms with Crippen LogP contribution in [0.25, 0.3) is 45.1 Å². The predicted octanol–water partition coefficient (Wildman–Crippen LogP) is 6.48. The van der Waals surface area contributed by atoms with Crippen molar-refractivity contribution in [3.8, 4) is 16.8 Å². The van der Waals surface area contributed by atoms with Gasteiger partial charge in [0.15, 0.2) is 0 Å². The van der Waals surface area contributed by atoms with E-state index in [1.807, 2.05) is 43.3 Å². The van der Waals surface area contributed by atoms with E-state index in [9.17, 15) is 9.59 Å². The monoisotopic (exact) mass is 595 g/mol. The van der Waals surface area contributed by atoms with Crippen molar-refractivity contribution >= 4 is 34.3 Å². The first-order valence-corrected chi connectivity index (χ1v) is 15.1. The molecular weight excluding hydrogens is 562 g/mol. The molecule has 2 aromatic heterocycles. The fourth-order valence-electron chi connectivity index (χ4n) is 6.16. The second-order valence-electron chi connectivity index (χ2n) is 11.5. The maximum absolute atomic E-state index is 14.7. The van der Waals surface area contributed by atoms with Crippen molar-refractivity contribution in [3.05, 3.63) is 129 Å². The van der Waals surface area contributed by atoms with Gasteiger partial charge in [0.1, 0.15) is 0 Å². The summed E-state index contributed by atoms with van der Waals surface area (Å²) in [7, 11) is 1.28. The molecule has 224 valence electrons. The summed E-state index contributed by atoms with van der Waals surface area (Å²) in [5.41, 5.74) is 9.33. The highest BCUT2D eigenvalue weighted by molar-refractivity contribution is 6.02. The summed E-state index contributed by atoms with van der Waals surface area (Å²) >= 11 is 0. The van der Waals surface area contributed by atoms with E-state index in [-0.39, 0.29) is 17.2 Å². The molecule has 3 heterocycles. The lowest BCUT2D eigenvalue weighted by molar-refractivity contribution is 0.0584. The Kier molecular flexibility index (Phi) is 7.14. The van der Waals surface area contributed by atoms with Crippen LogP contribution in [0, 0.1) is 13.8 Å². The first-order chi connectivity index (χ1) is 21.9. The molecule has 8 nitrogen and oxygen atoms in total. The van der Waals surface area contributed by atoms with Crippen LogP contribution in [0.3, 0.4) is 0 Å². The Morgan fingerprint density at radius 3 is 2.29 bits per heavy atom. The molecule has 0 radical (unpaired) electrons. The number of aryl methyl sites for hydroxylation is 2. The molecule has 45 heavy (non-hydrogen) atoms. The Bertz CT molecular complexity index is 2180. The minimum absolute atomic E-state index is 0.126. The zero-order valence-corrected chi connectivity index (χ0v) is 25.7. The second kappa shape index (κ2) is 11.3. The Hall–Kier alpha value is -5.34. The first kappa shape index (κ1) is 28.4. The van der Waals surface area contributed by atoms with Gasteiger partial charge in [-0.2, -0.15) is 4.68 Å². The number of hydrogen-bond donors (Lipinski definition) is 0. The van der Waals surface area contributed by atoms with E-state index in [1.165, 1.54) is 21.8 Å². The number of benzene rings is 4. The van der Waals surface area contributed by atoms with Gasteiger partial charge < -0.3 is 4.74 Å². The van der Waals surface area contributed by atoms with E-state index >= 15 is 0 Å². The lowest BCUT2D eigenvalue weighted by Crippen LogP contribution is -2.31. The zero-order valence-electron chi connectivity index (χ0n) is 25.7. The number of ether oxygens (including phenoxy) is 1. The summed E-state index contributed by atoms with van der Waals surface area (Å²) < 4.78 is 7.88. The lowest BCUT2D eigenvalue weighted by atomic mass is 9.85. The molecule has 4 aromatic carbocycles. The van der Waals surface area contributed by atoms with Gasteiger partial charge in [0.25, 0.3) is 5.56 Å². The minimum atomic E-state index is -0.715. The van der Waals surface area contributed by atoms with E-state index < -0.39 is 5.97 Å². The number of hydrogen-bond acceptors (Lipinski definition) is 6. The van der Waals surface area contributed by atoms with E-state index in [4.69, 9.17) is 9.72 Å². The zero-order chi connectivity index (χ0) is 31.2. The number of aromatic nitrogens is 4. The van der Waals surface area contributed by atoms with Crippen LogP contribution in [-0.4, -0.2) is 50.2 Å². The number of carbonyl (C=O) groups excluding carboxylic acids is 1. The van der Waals surface area contributed by atoms with Gasteiger partial charge >= 0.3 is 5.97 Å². The molecule has 0 saturated carbocycles. The molecule has 0 spiro atoms. The highest BCUT2D eigenvalue weighted by Gasteiger charge is 2.29. The molecule has 0 unspecified atom stereocenters. The topological polar surface area (TPSA) is 81.7 Å². The summed E-state index contributed by atoms with van der Waals surface area (Å²) in [4.78, 5) is 35.2. The van der Waals surface area contributed by atoms with Crippen LogP contribution in [0.1, 0.15) is 45.4 Å². The van der Waals surface area contributed by atoms with Gasteiger partial charge in [-0.25, -0.2) is 14.2 Å². The van der Waals surface area contributed by atoms with Crippen molar-refractivity contribution in [1.82, 2.24) is 24.1 Å². The third-order valence-electron chi connectivity index (χ3n) is 8.54. The number of carbonyl (C=O) groups is 1. The Morgan fingerprint density at radius 1 is 0.933 bits per heavy atom. The molecule has 1 aliphatic rings. The Morgan fingerprint density at radius 2 is 1.62 bits per heavy atom. The second-order valence-corrected chi connectivity index (χ2v) is 11.5. The molecule has 6 aromatic rings.